The van der Waals surface area contributed by atoms with Crippen molar-refractivity contribution in [2.75, 3.05) is 31.6 Å². The molecule has 0 atom stereocenters. The lowest BCUT2D eigenvalue weighted by Crippen LogP contribution is -2.40. The largest absolute Gasteiger partial charge is 0.379 e. The highest BCUT2D eigenvalue weighted by atomic mass is 32.2. The van der Waals surface area contributed by atoms with Gasteiger partial charge in [-0.1, -0.05) is 12.1 Å². The van der Waals surface area contributed by atoms with E-state index in [0.29, 0.717) is 37.6 Å². The first-order valence-electron chi connectivity index (χ1n) is 8.38. The van der Waals surface area contributed by atoms with Gasteiger partial charge in [-0.25, -0.2) is 12.8 Å². The van der Waals surface area contributed by atoms with E-state index in [1.807, 2.05) is 0 Å². The predicted octanol–water partition coefficient (Wildman–Crippen LogP) is 2.50. The van der Waals surface area contributed by atoms with Gasteiger partial charge in [-0.3, -0.25) is 4.79 Å². The molecule has 2 aromatic carbocycles. The fourth-order valence-corrected chi connectivity index (χ4v) is 3.98. The number of ether oxygens (including phenoxy) is 1. The number of halogens is 1. The van der Waals surface area contributed by atoms with E-state index in [2.05, 4.69) is 5.32 Å². The lowest BCUT2D eigenvalue weighted by Gasteiger charge is -2.26. The summed E-state index contributed by atoms with van der Waals surface area (Å²) in [5.41, 5.74) is 1.17. The fourth-order valence-electron chi connectivity index (χ4n) is 2.58. The second kappa shape index (κ2) is 8.43. The first-order valence-corrected chi connectivity index (χ1v) is 9.82. The molecule has 8 heteroatoms. The molecule has 27 heavy (non-hydrogen) atoms. The van der Waals surface area contributed by atoms with Gasteiger partial charge in [0, 0.05) is 24.9 Å². The Morgan fingerprint density at radius 2 is 1.67 bits per heavy atom. The number of benzene rings is 2. The molecular formula is C19H19FN2O4S. The van der Waals surface area contributed by atoms with Crippen molar-refractivity contribution in [1.82, 2.24) is 4.31 Å². The van der Waals surface area contributed by atoms with E-state index in [4.69, 9.17) is 4.74 Å². The van der Waals surface area contributed by atoms with Crippen LogP contribution in [-0.4, -0.2) is 44.9 Å². The molecule has 1 N–H and O–H groups in total. The molecular weight excluding hydrogens is 371 g/mol. The molecule has 6 nitrogen and oxygen atoms in total. The molecule has 0 aromatic heterocycles. The smallest absolute Gasteiger partial charge is 0.248 e. The number of carbonyl (C=O) groups excluding carboxylic acids is 1. The van der Waals surface area contributed by atoms with Crippen molar-refractivity contribution < 1.29 is 22.3 Å². The number of morpholine rings is 1. The van der Waals surface area contributed by atoms with Gasteiger partial charge in [0.25, 0.3) is 0 Å². The molecule has 0 radical (unpaired) electrons. The second-order valence-electron chi connectivity index (χ2n) is 5.91. The number of amides is 1. The maximum Gasteiger partial charge on any atom is 0.248 e. The van der Waals surface area contributed by atoms with E-state index in [-0.39, 0.29) is 16.6 Å². The van der Waals surface area contributed by atoms with Crippen molar-refractivity contribution in [2.45, 2.75) is 4.90 Å². The zero-order chi connectivity index (χ0) is 19.3. The third-order valence-electron chi connectivity index (χ3n) is 4.03. The van der Waals surface area contributed by atoms with Crippen molar-refractivity contribution in [3.05, 3.63) is 66.0 Å². The van der Waals surface area contributed by atoms with Crippen molar-refractivity contribution in [2.24, 2.45) is 0 Å². The van der Waals surface area contributed by atoms with E-state index >= 15 is 0 Å². The SMILES string of the molecule is O=C(/C=C\c1ccc(S(=O)(=O)N2CCOCC2)cc1)Nc1ccc(F)cc1. The van der Waals surface area contributed by atoms with Gasteiger partial charge in [0.2, 0.25) is 15.9 Å². The summed E-state index contributed by atoms with van der Waals surface area (Å²) in [4.78, 5) is 12.1. The Labute approximate surface area is 157 Å². The van der Waals surface area contributed by atoms with Crippen LogP contribution in [0.2, 0.25) is 0 Å². The minimum Gasteiger partial charge on any atom is -0.379 e. The molecule has 2 aromatic rings. The van der Waals surface area contributed by atoms with Gasteiger partial charge in [0.1, 0.15) is 5.82 Å². The summed E-state index contributed by atoms with van der Waals surface area (Å²) in [6.45, 7) is 1.47. The van der Waals surface area contributed by atoms with Crippen LogP contribution in [0.15, 0.2) is 59.5 Å². The molecule has 1 aliphatic heterocycles. The minimum absolute atomic E-state index is 0.206. The highest BCUT2D eigenvalue weighted by molar-refractivity contribution is 7.89. The summed E-state index contributed by atoms with van der Waals surface area (Å²) in [5, 5.41) is 2.61. The van der Waals surface area contributed by atoms with Crippen LogP contribution < -0.4 is 5.32 Å². The molecule has 3 rings (SSSR count). The van der Waals surface area contributed by atoms with Crippen LogP contribution in [0.3, 0.4) is 0 Å². The summed E-state index contributed by atoms with van der Waals surface area (Å²) in [6.07, 6.45) is 2.90. The molecule has 1 fully saturated rings. The fraction of sp³-hybridized carbons (Fsp3) is 0.211. The Balaban J connectivity index is 1.63. The van der Waals surface area contributed by atoms with Crippen molar-refractivity contribution in [1.29, 1.82) is 0 Å². The van der Waals surface area contributed by atoms with Crippen molar-refractivity contribution in [3.8, 4) is 0 Å². The molecule has 0 spiro atoms. The van der Waals surface area contributed by atoms with E-state index in [1.165, 1.54) is 46.8 Å². The van der Waals surface area contributed by atoms with E-state index in [9.17, 15) is 17.6 Å². The topological polar surface area (TPSA) is 75.7 Å². The zero-order valence-electron chi connectivity index (χ0n) is 14.5. The first-order chi connectivity index (χ1) is 12.9. The Hall–Kier alpha value is -2.55. The molecule has 0 aliphatic carbocycles. The van der Waals surface area contributed by atoms with Gasteiger partial charge in [0.15, 0.2) is 0 Å². The van der Waals surface area contributed by atoms with Crippen LogP contribution in [0.5, 0.6) is 0 Å². The molecule has 1 aliphatic rings. The Kier molecular flexibility index (Phi) is 6.00. The third-order valence-corrected chi connectivity index (χ3v) is 5.94. The number of nitrogens with zero attached hydrogens (tertiary/aromatic N) is 1. The standard InChI is InChI=1S/C19H19FN2O4S/c20-16-4-6-17(7-5-16)21-19(23)10-3-15-1-8-18(9-2-15)27(24,25)22-11-13-26-14-12-22/h1-10H,11-14H2,(H,21,23)/b10-3-. The van der Waals surface area contributed by atoms with Gasteiger partial charge in [0.05, 0.1) is 18.1 Å². The number of sulfonamides is 1. The summed E-state index contributed by atoms with van der Waals surface area (Å²) in [6, 6.07) is 11.7. The molecule has 142 valence electrons. The summed E-state index contributed by atoms with van der Waals surface area (Å²) >= 11 is 0. The maximum absolute atomic E-state index is 12.9. The first kappa shape index (κ1) is 19.2. The molecule has 1 saturated heterocycles. The normalized spacial score (nSPS) is 15.7. The average Bonchev–Trinajstić information content (AvgIpc) is 2.69. The Morgan fingerprint density at radius 1 is 1.04 bits per heavy atom. The second-order valence-corrected chi connectivity index (χ2v) is 7.85. The lowest BCUT2D eigenvalue weighted by atomic mass is 10.2. The van der Waals surface area contributed by atoms with Crippen LogP contribution in [0, 0.1) is 5.82 Å². The summed E-state index contributed by atoms with van der Waals surface area (Å²) < 4.78 is 44.5. The minimum atomic E-state index is -3.53. The van der Waals surface area contributed by atoms with E-state index < -0.39 is 10.0 Å². The number of carbonyl (C=O) groups is 1. The predicted molar refractivity (Wildman–Crippen MR) is 100 cm³/mol. The van der Waals surface area contributed by atoms with Gasteiger partial charge in [-0.2, -0.15) is 4.31 Å². The van der Waals surface area contributed by atoms with Gasteiger partial charge >= 0.3 is 0 Å². The summed E-state index contributed by atoms with van der Waals surface area (Å²) in [5.74, 6) is -0.748. The van der Waals surface area contributed by atoms with Crippen LogP contribution in [0.4, 0.5) is 10.1 Å². The molecule has 1 amide bonds. The number of nitrogens with one attached hydrogen (secondary N) is 1. The molecule has 0 bridgehead atoms. The monoisotopic (exact) mass is 390 g/mol. The summed E-state index contributed by atoms with van der Waals surface area (Å²) in [7, 11) is -3.53. The number of anilines is 1. The van der Waals surface area contributed by atoms with Gasteiger partial charge < -0.3 is 10.1 Å². The Bertz CT molecular complexity index is 919. The number of hydrogen-bond donors (Lipinski definition) is 1. The van der Waals surface area contributed by atoms with E-state index in [0.717, 1.165) is 0 Å². The van der Waals surface area contributed by atoms with Crippen LogP contribution in [0.25, 0.3) is 6.08 Å². The van der Waals surface area contributed by atoms with Crippen LogP contribution in [0.1, 0.15) is 5.56 Å². The zero-order valence-corrected chi connectivity index (χ0v) is 15.3. The number of hydrogen-bond acceptors (Lipinski definition) is 4. The molecule has 0 unspecified atom stereocenters. The van der Waals surface area contributed by atoms with E-state index in [1.54, 1.807) is 18.2 Å². The highest BCUT2D eigenvalue weighted by Crippen LogP contribution is 2.18. The highest BCUT2D eigenvalue weighted by Gasteiger charge is 2.25. The molecule has 1 heterocycles. The Morgan fingerprint density at radius 3 is 2.30 bits per heavy atom. The average molecular weight is 390 g/mol. The number of rotatable bonds is 5. The quantitative estimate of drug-likeness (QED) is 0.796. The molecule has 0 saturated carbocycles. The van der Waals surface area contributed by atoms with Gasteiger partial charge in [-0.15, -0.1) is 0 Å². The van der Waals surface area contributed by atoms with Gasteiger partial charge in [-0.05, 0) is 48.0 Å². The maximum atomic E-state index is 12.9. The van der Waals surface area contributed by atoms with Crippen LogP contribution in [-0.2, 0) is 19.6 Å². The van der Waals surface area contributed by atoms with Crippen LogP contribution >= 0.6 is 0 Å². The van der Waals surface area contributed by atoms with Crippen molar-refractivity contribution in [3.63, 3.8) is 0 Å². The third kappa shape index (κ3) is 5.00. The lowest BCUT2D eigenvalue weighted by molar-refractivity contribution is -0.111. The van der Waals surface area contributed by atoms with Crippen molar-refractivity contribution >= 4 is 27.7 Å².